The second-order valence-electron chi connectivity index (χ2n) is 5.11. The van der Waals surface area contributed by atoms with Gasteiger partial charge in [-0.25, -0.2) is 8.42 Å². The van der Waals surface area contributed by atoms with E-state index in [1.807, 2.05) is 0 Å². The van der Waals surface area contributed by atoms with Gasteiger partial charge in [0, 0.05) is 11.6 Å². The highest BCUT2D eigenvalue weighted by Crippen LogP contribution is 2.40. The lowest BCUT2D eigenvalue weighted by Gasteiger charge is -2.29. The van der Waals surface area contributed by atoms with Crippen LogP contribution in [0.4, 0.5) is 0 Å². The molecule has 24 heavy (non-hydrogen) atoms. The van der Waals surface area contributed by atoms with Crippen molar-refractivity contribution in [3.63, 3.8) is 0 Å². The van der Waals surface area contributed by atoms with Gasteiger partial charge in [-0.1, -0.05) is 29.3 Å². The highest BCUT2D eigenvalue weighted by atomic mass is 35.5. The van der Waals surface area contributed by atoms with Crippen molar-refractivity contribution in [1.29, 1.82) is 0 Å². The maximum atomic E-state index is 12.8. The molecule has 1 N–H and O–H groups in total. The van der Waals surface area contributed by atoms with E-state index in [1.54, 1.807) is 12.1 Å². The van der Waals surface area contributed by atoms with Crippen molar-refractivity contribution in [2.75, 3.05) is 13.8 Å². The summed E-state index contributed by atoms with van der Waals surface area (Å²) in [4.78, 5) is -0.0722. The number of hydrogen-bond acceptors (Lipinski definition) is 5. The summed E-state index contributed by atoms with van der Waals surface area (Å²) in [5.74, 6) is 0.331. The molecule has 2 aromatic carbocycles. The van der Waals surface area contributed by atoms with Crippen LogP contribution in [-0.2, 0) is 16.6 Å². The van der Waals surface area contributed by atoms with Crippen LogP contribution >= 0.6 is 23.2 Å². The standard InChI is InChI=1S/C15H13Cl2NO5S/c1-22-13-4-9(2-3-12(13)19)7-18-8-23-15-11(17)5-10(16)6-14(15)24(18,20)21/h2-6,19H,7-8H2,1H3. The molecule has 3 rings (SSSR count). The molecule has 0 aromatic heterocycles. The van der Waals surface area contributed by atoms with Crippen molar-refractivity contribution in [1.82, 2.24) is 4.31 Å². The van der Waals surface area contributed by atoms with Gasteiger partial charge in [0.2, 0.25) is 10.0 Å². The number of nitrogens with zero attached hydrogens (tertiary/aromatic N) is 1. The molecule has 0 spiro atoms. The maximum absolute atomic E-state index is 12.8. The zero-order chi connectivity index (χ0) is 17.5. The van der Waals surface area contributed by atoms with Crippen molar-refractivity contribution < 1.29 is 23.0 Å². The van der Waals surface area contributed by atoms with Gasteiger partial charge in [-0.2, -0.15) is 4.31 Å². The number of methoxy groups -OCH3 is 1. The molecule has 9 heteroatoms. The summed E-state index contributed by atoms with van der Waals surface area (Å²) in [6, 6.07) is 7.34. The number of ether oxygens (including phenoxy) is 2. The van der Waals surface area contributed by atoms with Crippen molar-refractivity contribution >= 4 is 33.2 Å². The van der Waals surface area contributed by atoms with Crippen LogP contribution in [0.2, 0.25) is 10.0 Å². The van der Waals surface area contributed by atoms with Gasteiger partial charge in [0.1, 0.15) is 4.90 Å². The summed E-state index contributed by atoms with van der Waals surface area (Å²) in [6.45, 7) is -0.136. The Labute approximate surface area is 149 Å². The fourth-order valence-corrected chi connectivity index (χ4v) is 4.50. The Morgan fingerprint density at radius 2 is 2.04 bits per heavy atom. The highest BCUT2D eigenvalue weighted by molar-refractivity contribution is 7.89. The lowest BCUT2D eigenvalue weighted by molar-refractivity contribution is 0.178. The molecule has 0 amide bonds. The summed E-state index contributed by atoms with van der Waals surface area (Å²) in [7, 11) is -2.40. The lowest BCUT2D eigenvalue weighted by Crippen LogP contribution is -2.38. The van der Waals surface area contributed by atoms with Crippen molar-refractivity contribution in [2.24, 2.45) is 0 Å². The molecule has 6 nitrogen and oxygen atoms in total. The lowest BCUT2D eigenvalue weighted by atomic mass is 10.2. The fourth-order valence-electron chi connectivity index (χ4n) is 2.37. The number of phenolic OH excluding ortho intramolecular Hbond substituents is 1. The first-order valence-corrected chi connectivity index (χ1v) is 9.00. The minimum atomic E-state index is -3.82. The van der Waals surface area contributed by atoms with Crippen LogP contribution in [0, 0.1) is 0 Å². The van der Waals surface area contributed by atoms with E-state index in [1.165, 1.54) is 25.3 Å². The van der Waals surface area contributed by atoms with Gasteiger partial charge in [-0.05, 0) is 29.8 Å². The van der Waals surface area contributed by atoms with Crippen LogP contribution in [0.15, 0.2) is 35.2 Å². The molecule has 128 valence electrons. The second kappa shape index (κ2) is 6.33. The Morgan fingerprint density at radius 3 is 2.75 bits per heavy atom. The number of halogens is 2. The second-order valence-corrected chi connectivity index (χ2v) is 7.86. The van der Waals surface area contributed by atoms with Crippen molar-refractivity contribution in [3.05, 3.63) is 45.9 Å². The van der Waals surface area contributed by atoms with Crippen molar-refractivity contribution in [3.8, 4) is 17.2 Å². The Bertz CT molecular complexity index is 901. The first-order valence-electron chi connectivity index (χ1n) is 6.81. The summed E-state index contributed by atoms with van der Waals surface area (Å²) < 4.78 is 37.2. The van der Waals surface area contributed by atoms with E-state index in [9.17, 15) is 13.5 Å². The van der Waals surface area contributed by atoms with Crippen LogP contribution in [0.5, 0.6) is 17.2 Å². The number of phenols is 1. The Morgan fingerprint density at radius 1 is 1.29 bits per heavy atom. The molecule has 1 aliphatic rings. The van der Waals surface area contributed by atoms with E-state index >= 15 is 0 Å². The van der Waals surface area contributed by atoms with Crippen molar-refractivity contribution in [2.45, 2.75) is 11.4 Å². The minimum absolute atomic E-state index is 0.0251. The molecule has 0 aliphatic carbocycles. The molecular weight excluding hydrogens is 377 g/mol. The quantitative estimate of drug-likeness (QED) is 0.871. The van der Waals surface area contributed by atoms with Crippen LogP contribution in [-0.4, -0.2) is 31.7 Å². The molecule has 0 radical (unpaired) electrons. The van der Waals surface area contributed by atoms with Gasteiger partial charge >= 0.3 is 0 Å². The van der Waals surface area contributed by atoms with Gasteiger partial charge in [-0.15, -0.1) is 0 Å². The van der Waals surface area contributed by atoms with E-state index in [-0.39, 0.29) is 45.5 Å². The zero-order valence-corrected chi connectivity index (χ0v) is 14.8. The van der Waals surface area contributed by atoms with Crippen LogP contribution in [0.1, 0.15) is 5.56 Å². The Kier molecular flexibility index (Phi) is 4.52. The smallest absolute Gasteiger partial charge is 0.249 e. The minimum Gasteiger partial charge on any atom is -0.504 e. The molecule has 0 unspecified atom stereocenters. The number of sulfonamides is 1. The third-order valence-corrected chi connectivity index (χ3v) is 5.82. The first-order chi connectivity index (χ1) is 11.3. The third-order valence-electron chi connectivity index (χ3n) is 3.55. The number of benzene rings is 2. The number of rotatable bonds is 3. The van der Waals surface area contributed by atoms with Gasteiger partial charge in [0.15, 0.2) is 24.0 Å². The van der Waals surface area contributed by atoms with E-state index in [2.05, 4.69) is 0 Å². The number of aromatic hydroxyl groups is 1. The molecule has 1 heterocycles. The topological polar surface area (TPSA) is 76.1 Å². The summed E-state index contributed by atoms with van der Waals surface area (Å²) in [5, 5.41) is 9.98. The van der Waals surface area contributed by atoms with Gasteiger partial charge < -0.3 is 14.6 Å². The zero-order valence-electron chi connectivity index (χ0n) is 12.5. The average molecular weight is 390 g/mol. The summed E-state index contributed by atoms with van der Waals surface area (Å²) in [6.07, 6.45) is 0. The Hall–Kier alpha value is -1.67. The largest absolute Gasteiger partial charge is 0.504 e. The maximum Gasteiger partial charge on any atom is 0.249 e. The predicted octanol–water partition coefficient (Wildman–Crippen LogP) is 3.25. The van der Waals surface area contributed by atoms with Gasteiger partial charge in [0.25, 0.3) is 0 Å². The van der Waals surface area contributed by atoms with E-state index in [4.69, 9.17) is 32.7 Å². The number of fused-ring (bicyclic) bond motifs is 1. The number of hydrogen-bond donors (Lipinski definition) is 1. The molecule has 1 aliphatic heterocycles. The average Bonchev–Trinajstić information content (AvgIpc) is 2.52. The molecule has 2 aromatic rings. The third kappa shape index (κ3) is 3.00. The predicted molar refractivity (Wildman–Crippen MR) is 89.3 cm³/mol. The first kappa shape index (κ1) is 17.2. The molecule has 0 fully saturated rings. The van der Waals surface area contributed by atoms with E-state index < -0.39 is 10.0 Å². The van der Waals surface area contributed by atoms with Gasteiger partial charge in [0.05, 0.1) is 12.1 Å². The monoisotopic (exact) mass is 389 g/mol. The SMILES string of the molecule is COc1cc(CN2COc3c(Cl)cc(Cl)cc3S2(=O)=O)ccc1O. The van der Waals surface area contributed by atoms with Gasteiger partial charge in [-0.3, -0.25) is 0 Å². The van der Waals surface area contributed by atoms with E-state index in [0.29, 0.717) is 5.56 Å². The Balaban J connectivity index is 1.96. The summed E-state index contributed by atoms with van der Waals surface area (Å²) >= 11 is 11.9. The highest BCUT2D eigenvalue weighted by Gasteiger charge is 2.34. The molecule has 0 atom stereocenters. The molecular formula is C15H13Cl2NO5S. The normalized spacial score (nSPS) is 16.3. The van der Waals surface area contributed by atoms with Crippen LogP contribution in [0.25, 0.3) is 0 Å². The molecule has 0 saturated heterocycles. The molecule has 0 bridgehead atoms. The van der Waals surface area contributed by atoms with Crippen LogP contribution < -0.4 is 9.47 Å². The van der Waals surface area contributed by atoms with E-state index in [0.717, 1.165) is 4.31 Å². The fraction of sp³-hybridized carbons (Fsp3) is 0.200. The summed E-state index contributed by atoms with van der Waals surface area (Å²) in [5.41, 5.74) is 0.633. The molecule has 0 saturated carbocycles. The van der Waals surface area contributed by atoms with Crippen LogP contribution in [0.3, 0.4) is 0 Å².